The van der Waals surface area contributed by atoms with Gasteiger partial charge in [-0.15, -0.1) is 0 Å². The van der Waals surface area contributed by atoms with Gasteiger partial charge in [-0.3, -0.25) is 76.7 Å². The van der Waals surface area contributed by atoms with Gasteiger partial charge < -0.3 is 111 Å². The molecule has 0 bridgehead atoms. The van der Waals surface area contributed by atoms with Gasteiger partial charge in [0.25, 0.3) is 0 Å². The third-order valence-electron chi connectivity index (χ3n) is 21.0. The molecule has 15 amide bonds. The van der Waals surface area contributed by atoms with Crippen molar-refractivity contribution in [1.82, 2.24) is 72.4 Å². The van der Waals surface area contributed by atoms with Gasteiger partial charge >= 0.3 is 11.9 Å². The molecule has 38 nitrogen and oxygen atoms in total. The summed E-state index contributed by atoms with van der Waals surface area (Å²) in [5.74, 6) is -15.9. The summed E-state index contributed by atoms with van der Waals surface area (Å²) >= 11 is 0. The molecule has 5 heterocycles. The third-order valence-corrected chi connectivity index (χ3v) is 21.0. The molecule has 0 aliphatic carbocycles. The first-order chi connectivity index (χ1) is 54.7. The Labute approximate surface area is 665 Å². The molecule has 4 aliphatic heterocycles. The van der Waals surface area contributed by atoms with Crippen LogP contribution in [-0.4, -0.2) is 265 Å². The largest absolute Gasteiger partial charge is 0.481 e. The Balaban J connectivity index is 1.03. The predicted molar refractivity (Wildman–Crippen MR) is 413 cm³/mol. The number of primary amides is 2. The number of aromatic nitrogens is 1. The number of nitrogens with zero attached hydrogens (tertiary/aromatic N) is 4. The number of unbranched alkanes of at least 4 members (excludes halogenated alkanes) is 1. The Bertz CT molecular complexity index is 3990. The van der Waals surface area contributed by atoms with Gasteiger partial charge in [0.1, 0.15) is 72.5 Å². The fraction of sp³-hybridized carbons (Fsp3) is 0.597. The summed E-state index contributed by atoms with van der Waals surface area (Å²) in [6.07, 6.45) is 1.57. The van der Waals surface area contributed by atoms with Crippen molar-refractivity contribution in [3.05, 3.63) is 71.9 Å². The summed E-state index contributed by atoms with van der Waals surface area (Å²) in [7, 11) is 0. The van der Waals surface area contributed by atoms with Crippen molar-refractivity contribution in [2.75, 3.05) is 45.9 Å². The number of nitrogens with two attached hydrogens (primary N) is 4. The average Bonchev–Trinajstić information content (AvgIpc) is 1.69. The van der Waals surface area contributed by atoms with Gasteiger partial charge in [0, 0.05) is 75.4 Å². The first-order valence-corrected chi connectivity index (χ1v) is 39.3. The van der Waals surface area contributed by atoms with E-state index in [-0.39, 0.29) is 109 Å². The SMILES string of the molecule is CC(C)C[C@H](NC(=O)[C@@H]1CCCN1C(=O)[C@@H](NC(=O)[C@H](CCCCN)NC(=O)[C@@H]1CCCN1C(=O)CNC(=O)[C@@H](N)CCC(N)=O)C(C)C)C(=O)N[C@@H](CO)C(=O)N[C@@H](CCC(N)=O)C(=O)N[C@@H](Cc1c[nH]c2ccccc12)C(=O)N[C@@H](CCC(=O)O)C(=O)N1CCC[C@H]1C(=O)N1CCC[C@H]1C(=O)N[C@@H](Cc1ccccc1)C(=O)O. The summed E-state index contributed by atoms with van der Waals surface area (Å²) in [6, 6.07) is -2.36. The van der Waals surface area contributed by atoms with E-state index in [1.165, 1.54) is 19.6 Å². The number of amides is 15. The number of aliphatic hydroxyl groups excluding tert-OH is 1. The highest BCUT2D eigenvalue weighted by atomic mass is 16.4. The molecule has 0 spiro atoms. The molecule has 0 saturated carbocycles. The number of carbonyl (C=O) groups excluding carboxylic acids is 15. The molecule has 7 rings (SSSR count). The van der Waals surface area contributed by atoms with Crippen molar-refractivity contribution in [3.8, 4) is 0 Å². The van der Waals surface area contributed by atoms with Crippen LogP contribution in [0.25, 0.3) is 10.9 Å². The summed E-state index contributed by atoms with van der Waals surface area (Å²) in [5.41, 5.74) is 24.1. The molecule has 38 heteroatoms. The number of para-hydroxylation sites is 1. The zero-order valence-electron chi connectivity index (χ0n) is 65.4. The number of aliphatic carboxylic acids is 2. The highest BCUT2D eigenvalue weighted by Crippen LogP contribution is 2.29. The van der Waals surface area contributed by atoms with E-state index in [9.17, 15) is 96.8 Å². The van der Waals surface area contributed by atoms with Crippen LogP contribution in [-0.2, 0) is 94.3 Å². The zero-order valence-corrected chi connectivity index (χ0v) is 65.4. The number of hydrogen-bond donors (Lipinski definition) is 17. The lowest BCUT2D eigenvalue weighted by Gasteiger charge is -2.33. The predicted octanol–water partition coefficient (Wildman–Crippen LogP) is -3.46. The number of aliphatic hydroxyl groups is 1. The molecular weight excluding hydrogens is 1500 g/mol. The van der Waals surface area contributed by atoms with E-state index in [1.54, 1.807) is 88.5 Å². The minimum Gasteiger partial charge on any atom is -0.481 e. The van der Waals surface area contributed by atoms with E-state index < -0.39 is 224 Å². The molecule has 630 valence electrons. The van der Waals surface area contributed by atoms with Crippen LogP contribution in [0.3, 0.4) is 0 Å². The van der Waals surface area contributed by atoms with Gasteiger partial charge in [-0.2, -0.15) is 0 Å². The Hall–Kier alpha value is -11.2. The number of nitrogens with one attached hydrogen (secondary N) is 10. The molecule has 0 radical (unpaired) electrons. The Morgan fingerprint density at radius 2 is 0.983 bits per heavy atom. The monoisotopic (exact) mass is 1610 g/mol. The van der Waals surface area contributed by atoms with Gasteiger partial charge in [-0.25, -0.2) is 4.79 Å². The Morgan fingerprint density at radius 3 is 1.58 bits per heavy atom. The number of carboxylic acid groups (broad SMARTS) is 2. The molecule has 4 fully saturated rings. The fourth-order valence-corrected chi connectivity index (χ4v) is 14.8. The van der Waals surface area contributed by atoms with Crippen LogP contribution < -0.4 is 70.8 Å². The summed E-state index contributed by atoms with van der Waals surface area (Å²) in [4.78, 5) is 242. The van der Waals surface area contributed by atoms with Crippen molar-refractivity contribution in [2.45, 2.75) is 235 Å². The minimum absolute atomic E-state index is 0.0312. The topological polar surface area (TPSA) is 592 Å². The number of hydrogen-bond acceptors (Lipinski definition) is 20. The fourth-order valence-electron chi connectivity index (χ4n) is 14.8. The number of aromatic amines is 1. The molecule has 2 aromatic carbocycles. The second-order valence-electron chi connectivity index (χ2n) is 30.4. The number of carbonyl (C=O) groups is 17. The maximum Gasteiger partial charge on any atom is 0.326 e. The molecule has 3 aromatic rings. The van der Waals surface area contributed by atoms with E-state index in [2.05, 4.69) is 52.8 Å². The van der Waals surface area contributed by atoms with Crippen LogP contribution in [0.2, 0.25) is 0 Å². The third kappa shape index (κ3) is 26.2. The van der Waals surface area contributed by atoms with Crippen LogP contribution in [0, 0.1) is 11.8 Å². The second-order valence-corrected chi connectivity index (χ2v) is 30.4. The lowest BCUT2D eigenvalue weighted by molar-refractivity contribution is -0.149. The molecule has 1 aromatic heterocycles. The van der Waals surface area contributed by atoms with E-state index in [0.29, 0.717) is 54.1 Å². The van der Waals surface area contributed by atoms with Crippen molar-refractivity contribution >= 4 is 111 Å². The normalized spacial score (nSPS) is 19.0. The number of fused-ring (bicyclic) bond motifs is 1. The summed E-state index contributed by atoms with van der Waals surface area (Å²) in [6.45, 7) is 5.69. The number of likely N-dealkylation sites (tertiary alicyclic amines) is 4. The van der Waals surface area contributed by atoms with Gasteiger partial charge in [-0.05, 0) is 132 Å². The number of carboxylic acids is 2. The van der Waals surface area contributed by atoms with E-state index in [1.807, 2.05) is 0 Å². The van der Waals surface area contributed by atoms with E-state index >= 15 is 0 Å². The molecule has 0 unspecified atom stereocenters. The van der Waals surface area contributed by atoms with Gasteiger partial charge in [0.2, 0.25) is 88.6 Å². The highest BCUT2D eigenvalue weighted by Gasteiger charge is 2.47. The van der Waals surface area contributed by atoms with Crippen molar-refractivity contribution in [3.63, 3.8) is 0 Å². The smallest absolute Gasteiger partial charge is 0.326 e. The first kappa shape index (κ1) is 91.0. The standard InChI is InChI=1S/C77H112N18O20/c1-42(2)36-52(88-72(109)58-23-14-34-94(58)76(113)64(43(3)4)91-67(104)49(20-10-11-31-78)85-71(108)56-21-12-32-92(56)62(99)40-83-65(102)47(79)25-28-60(80)97)68(105)90-55(41-96)70(107)84-50(26-29-61(81)98)66(103)87-53(38-45-39-82-48-19-9-8-18-46(45)48)69(106)86-51(27-30-63(100)101)74(111)95-35-15-24-59(95)75(112)93-33-13-22-57(93)73(110)89-54(77(114)115)37-44-16-6-5-7-17-44/h5-9,16-19,39,42-43,47,49-59,64,82,96H,10-15,20-38,40-41,78-79H2,1-4H3,(H2,80,97)(H2,81,98)(H,83,102)(H,84,107)(H,85,108)(H,86,106)(H,87,103)(H,88,109)(H,89,110)(H,90,105)(H,91,104)(H,100,101)(H,114,115)/t47-,49-,50-,51-,52-,53-,54-,55-,56-,57-,58-,59-,64-/m0/s1. The minimum atomic E-state index is -1.87. The van der Waals surface area contributed by atoms with E-state index in [0.717, 1.165) is 0 Å². The maximum atomic E-state index is 15.0. The molecule has 115 heavy (non-hydrogen) atoms. The Morgan fingerprint density at radius 1 is 0.496 bits per heavy atom. The Kier molecular flexibility index (Phi) is 34.8. The van der Waals surface area contributed by atoms with Crippen LogP contribution >= 0.6 is 0 Å². The van der Waals surface area contributed by atoms with Gasteiger partial charge in [0.15, 0.2) is 0 Å². The van der Waals surface area contributed by atoms with Crippen LogP contribution in [0.4, 0.5) is 0 Å². The molecule has 4 aliphatic rings. The number of H-pyrrole nitrogens is 1. The number of rotatable bonds is 44. The zero-order chi connectivity index (χ0) is 84.3. The van der Waals surface area contributed by atoms with E-state index in [4.69, 9.17) is 22.9 Å². The lowest BCUT2D eigenvalue weighted by Crippen LogP contribution is -2.61. The molecule has 13 atom stereocenters. The highest BCUT2D eigenvalue weighted by molar-refractivity contribution is 6.01. The molecule has 21 N–H and O–H groups in total. The van der Waals surface area contributed by atoms with Crippen molar-refractivity contribution in [1.29, 1.82) is 0 Å². The summed E-state index contributed by atoms with van der Waals surface area (Å²) < 4.78 is 0. The maximum absolute atomic E-state index is 15.0. The van der Waals surface area contributed by atoms with Crippen LogP contribution in [0.5, 0.6) is 0 Å². The van der Waals surface area contributed by atoms with Crippen molar-refractivity contribution < 1.29 is 96.8 Å². The number of benzene rings is 2. The first-order valence-electron chi connectivity index (χ1n) is 39.3. The molecule has 4 saturated heterocycles. The van der Waals surface area contributed by atoms with Crippen LogP contribution in [0.15, 0.2) is 60.8 Å². The molecular formula is C77H112N18O20. The van der Waals surface area contributed by atoms with Gasteiger partial charge in [0.05, 0.1) is 19.2 Å². The van der Waals surface area contributed by atoms with Crippen molar-refractivity contribution in [2.24, 2.45) is 34.8 Å². The lowest BCUT2D eigenvalue weighted by atomic mass is 10.00. The van der Waals surface area contributed by atoms with Gasteiger partial charge in [-0.1, -0.05) is 76.2 Å². The second kappa shape index (κ2) is 43.9. The quantitative estimate of drug-likeness (QED) is 0.0245. The summed E-state index contributed by atoms with van der Waals surface area (Å²) in [5, 5.41) is 54.7. The van der Waals surface area contributed by atoms with Crippen LogP contribution in [0.1, 0.15) is 154 Å². The average molecular weight is 1610 g/mol.